The molecule has 2 aromatic rings. The fraction of sp³-hybridized carbons (Fsp3) is 0. The van der Waals surface area contributed by atoms with E-state index in [1.165, 1.54) is 11.1 Å². The average molecular weight is 220 g/mol. The molecule has 3 heteroatoms. The van der Waals surface area contributed by atoms with Crippen molar-refractivity contribution in [1.29, 1.82) is 0 Å². The molecule has 0 N–H and O–H groups in total. The van der Waals surface area contributed by atoms with E-state index in [0.29, 0.717) is 0 Å². The smallest absolute Gasteiger partial charge is 0.208 e. The molecule has 0 atom stereocenters. The van der Waals surface area contributed by atoms with Crippen molar-refractivity contribution in [2.45, 2.75) is 0 Å². The van der Waals surface area contributed by atoms with E-state index in [-0.39, 0.29) is 5.75 Å². The third-order valence-electron chi connectivity index (χ3n) is 1.79. The Morgan fingerprint density at radius 1 is 0.933 bits per heavy atom. The van der Waals surface area contributed by atoms with E-state index in [1.807, 2.05) is 42.7 Å². The molecule has 0 bridgehead atoms. The van der Waals surface area contributed by atoms with Crippen molar-refractivity contribution in [1.82, 2.24) is 4.98 Å². The molecule has 0 amide bonds. The molecular weight excluding hydrogens is 210 g/mol. The van der Waals surface area contributed by atoms with Crippen LogP contribution < -0.4 is 0 Å². The Labute approximate surface area is 93.5 Å². The van der Waals surface area contributed by atoms with Gasteiger partial charge in [-0.1, -0.05) is 30.3 Å². The van der Waals surface area contributed by atoms with Crippen LogP contribution in [0.15, 0.2) is 54.9 Å². The van der Waals surface area contributed by atoms with Gasteiger partial charge in [0.05, 0.1) is 0 Å². The zero-order valence-corrected chi connectivity index (χ0v) is 8.76. The van der Waals surface area contributed by atoms with Crippen LogP contribution in [0.1, 0.15) is 0 Å². The molecule has 1 aromatic carbocycles. The normalized spacial score (nSPS) is 8.60. The zero-order chi connectivity index (χ0) is 10.9. The summed E-state index contributed by atoms with van der Waals surface area (Å²) < 4.78 is 0. The van der Waals surface area contributed by atoms with E-state index < -0.39 is 0 Å². The Kier molecular flexibility index (Phi) is 5.12. The van der Waals surface area contributed by atoms with Crippen LogP contribution in [0.4, 0.5) is 0 Å². The molecule has 0 unspecified atom stereocenters. The first-order valence-electron chi connectivity index (χ1n) is 4.38. The van der Waals surface area contributed by atoms with Gasteiger partial charge in [0.15, 0.2) is 0 Å². The minimum atomic E-state index is 0.222. The standard InChI is InChI=1S/C11H9N.CHClO/c1-2-4-10(5-3-1)11-6-8-12-9-7-11;2-1-3/h1-9H;1H. The van der Waals surface area contributed by atoms with Gasteiger partial charge in [-0.05, 0) is 34.9 Å². The fourth-order valence-electron chi connectivity index (χ4n) is 1.17. The summed E-state index contributed by atoms with van der Waals surface area (Å²) in [7, 11) is 0. The first-order chi connectivity index (χ1) is 7.38. The fourth-order valence-corrected chi connectivity index (χ4v) is 1.17. The number of benzene rings is 1. The molecule has 0 radical (unpaired) electrons. The van der Waals surface area contributed by atoms with Gasteiger partial charge in [-0.15, -0.1) is 0 Å². The molecular formula is C12H10ClNO. The number of carbonyl (C=O) groups excluding carboxylic acids is 1. The maximum Gasteiger partial charge on any atom is 0.208 e. The van der Waals surface area contributed by atoms with Crippen LogP contribution >= 0.6 is 11.6 Å². The number of hydrogen-bond donors (Lipinski definition) is 0. The van der Waals surface area contributed by atoms with Gasteiger partial charge in [0.2, 0.25) is 5.75 Å². The highest BCUT2D eigenvalue weighted by molar-refractivity contribution is 6.54. The average Bonchev–Trinajstić information content (AvgIpc) is 2.32. The van der Waals surface area contributed by atoms with Crippen molar-refractivity contribution < 1.29 is 4.79 Å². The van der Waals surface area contributed by atoms with Gasteiger partial charge < -0.3 is 0 Å². The molecule has 0 fully saturated rings. The molecule has 15 heavy (non-hydrogen) atoms. The van der Waals surface area contributed by atoms with Crippen LogP contribution in [-0.4, -0.2) is 10.7 Å². The summed E-state index contributed by atoms with van der Waals surface area (Å²) in [6.07, 6.45) is 3.62. The quantitative estimate of drug-likeness (QED) is 0.545. The van der Waals surface area contributed by atoms with Crippen LogP contribution in [0.25, 0.3) is 11.1 Å². The Morgan fingerprint density at radius 2 is 1.40 bits per heavy atom. The van der Waals surface area contributed by atoms with Gasteiger partial charge in [0.1, 0.15) is 0 Å². The summed E-state index contributed by atoms with van der Waals surface area (Å²) in [5, 5.41) is 0. The Balaban J connectivity index is 0.000000337. The Hall–Kier alpha value is -1.67. The van der Waals surface area contributed by atoms with E-state index in [4.69, 9.17) is 4.79 Å². The Bertz CT molecular complexity index is 351. The third kappa shape index (κ3) is 3.92. The largest absolute Gasteiger partial charge is 0.285 e. The predicted molar refractivity (Wildman–Crippen MR) is 62.3 cm³/mol. The van der Waals surface area contributed by atoms with E-state index in [2.05, 4.69) is 28.7 Å². The molecule has 0 aliphatic carbocycles. The van der Waals surface area contributed by atoms with Crippen LogP contribution in [0.2, 0.25) is 0 Å². The number of rotatable bonds is 1. The van der Waals surface area contributed by atoms with Crippen molar-refractivity contribution in [3.8, 4) is 11.1 Å². The monoisotopic (exact) mass is 219 g/mol. The number of hydrogen-bond acceptors (Lipinski definition) is 2. The van der Waals surface area contributed by atoms with E-state index in [1.54, 1.807) is 0 Å². The summed E-state index contributed by atoms with van der Waals surface area (Å²) in [6.45, 7) is 0. The lowest BCUT2D eigenvalue weighted by Gasteiger charge is -1.98. The van der Waals surface area contributed by atoms with Gasteiger partial charge in [-0.2, -0.15) is 0 Å². The summed E-state index contributed by atoms with van der Waals surface area (Å²) in [4.78, 5) is 12.5. The SMILES string of the molecule is O=CCl.c1ccc(-c2ccncc2)cc1. The molecule has 0 saturated heterocycles. The van der Waals surface area contributed by atoms with E-state index in [0.717, 1.165) is 0 Å². The Morgan fingerprint density at radius 3 is 1.93 bits per heavy atom. The van der Waals surface area contributed by atoms with Gasteiger partial charge >= 0.3 is 0 Å². The predicted octanol–water partition coefficient (Wildman–Crippen LogP) is 3.16. The minimum absolute atomic E-state index is 0.222. The van der Waals surface area contributed by atoms with Crippen LogP contribution in [0, 0.1) is 0 Å². The molecule has 1 aromatic heterocycles. The number of halogens is 1. The van der Waals surface area contributed by atoms with Crippen molar-refractivity contribution in [2.24, 2.45) is 0 Å². The zero-order valence-electron chi connectivity index (χ0n) is 8.01. The second-order valence-corrected chi connectivity index (χ2v) is 2.87. The van der Waals surface area contributed by atoms with Gasteiger partial charge in [0.25, 0.3) is 0 Å². The van der Waals surface area contributed by atoms with E-state index >= 15 is 0 Å². The first-order valence-corrected chi connectivity index (χ1v) is 4.81. The lowest BCUT2D eigenvalue weighted by atomic mass is 10.1. The highest BCUT2D eigenvalue weighted by Crippen LogP contribution is 2.16. The summed E-state index contributed by atoms with van der Waals surface area (Å²) in [5.41, 5.74) is 2.45. The molecule has 0 saturated carbocycles. The molecule has 2 nitrogen and oxygen atoms in total. The van der Waals surface area contributed by atoms with Crippen LogP contribution in [0.5, 0.6) is 0 Å². The molecule has 1 heterocycles. The molecule has 0 aliphatic rings. The maximum absolute atomic E-state index is 8.57. The summed E-state index contributed by atoms with van der Waals surface area (Å²) >= 11 is 4.32. The lowest BCUT2D eigenvalue weighted by Crippen LogP contribution is -1.76. The third-order valence-corrected chi connectivity index (χ3v) is 1.79. The highest BCUT2D eigenvalue weighted by atomic mass is 35.5. The molecule has 0 aliphatic heterocycles. The molecule has 0 spiro atoms. The number of aromatic nitrogens is 1. The van der Waals surface area contributed by atoms with Crippen LogP contribution in [0.3, 0.4) is 0 Å². The van der Waals surface area contributed by atoms with Gasteiger partial charge in [-0.25, -0.2) is 0 Å². The van der Waals surface area contributed by atoms with Gasteiger partial charge in [-0.3, -0.25) is 9.78 Å². The first kappa shape index (κ1) is 11.4. The second-order valence-electron chi connectivity index (χ2n) is 2.69. The maximum atomic E-state index is 8.57. The highest BCUT2D eigenvalue weighted by Gasteiger charge is 1.92. The van der Waals surface area contributed by atoms with Crippen molar-refractivity contribution in [2.75, 3.05) is 0 Å². The topological polar surface area (TPSA) is 30.0 Å². The number of pyridine rings is 1. The van der Waals surface area contributed by atoms with Gasteiger partial charge in [0, 0.05) is 12.4 Å². The number of carbonyl (C=O) groups is 1. The minimum Gasteiger partial charge on any atom is -0.285 e. The van der Waals surface area contributed by atoms with E-state index in [9.17, 15) is 0 Å². The molecule has 2 rings (SSSR count). The van der Waals surface area contributed by atoms with Crippen LogP contribution in [-0.2, 0) is 4.79 Å². The van der Waals surface area contributed by atoms with Crippen molar-refractivity contribution in [3.63, 3.8) is 0 Å². The second kappa shape index (κ2) is 6.74. The molecule has 76 valence electrons. The summed E-state index contributed by atoms with van der Waals surface area (Å²) in [6, 6.07) is 14.3. The number of nitrogens with zero attached hydrogens (tertiary/aromatic N) is 1. The van der Waals surface area contributed by atoms with Crippen molar-refractivity contribution >= 4 is 17.3 Å². The van der Waals surface area contributed by atoms with Crippen molar-refractivity contribution in [3.05, 3.63) is 54.9 Å². The summed E-state index contributed by atoms with van der Waals surface area (Å²) in [5.74, 6) is 0.222. The lowest BCUT2D eigenvalue weighted by molar-refractivity contribution is 0.569.